The van der Waals surface area contributed by atoms with Crippen molar-refractivity contribution in [2.45, 2.75) is 26.2 Å². The summed E-state index contributed by atoms with van der Waals surface area (Å²) in [6, 6.07) is 2.07. The summed E-state index contributed by atoms with van der Waals surface area (Å²) in [5.41, 5.74) is 0. The molecule has 0 aromatic heterocycles. The molecule has 0 aliphatic rings. The summed E-state index contributed by atoms with van der Waals surface area (Å²) < 4.78 is 4.44. The van der Waals surface area contributed by atoms with Gasteiger partial charge in [-0.3, -0.25) is 4.79 Å². The normalized spacial score (nSPS) is 11.7. The third-order valence-electron chi connectivity index (χ3n) is 1.46. The molecule has 11 heavy (non-hydrogen) atoms. The Kier molecular flexibility index (Phi) is 5.18. The predicted molar refractivity (Wildman–Crippen MR) is 40.6 cm³/mol. The standard InChI is InChI=1S/C8H13NO2/c1-3-4-7(6-9)5-8(10)11-2/h7H,3-5H2,1-2H3. The summed E-state index contributed by atoms with van der Waals surface area (Å²) >= 11 is 0. The fourth-order valence-electron chi connectivity index (χ4n) is 0.845. The van der Waals surface area contributed by atoms with Crippen LogP contribution in [0.25, 0.3) is 0 Å². The molecule has 0 radical (unpaired) electrons. The molecule has 3 heteroatoms. The predicted octanol–water partition coefficient (Wildman–Crippen LogP) is 1.49. The number of rotatable bonds is 4. The minimum Gasteiger partial charge on any atom is -0.469 e. The first kappa shape index (κ1) is 9.96. The SMILES string of the molecule is CCCC(C#N)CC(=O)OC. The second kappa shape index (κ2) is 5.72. The number of hydrogen-bond donors (Lipinski definition) is 0. The van der Waals surface area contributed by atoms with Gasteiger partial charge in [0.05, 0.1) is 25.5 Å². The van der Waals surface area contributed by atoms with E-state index in [1.807, 2.05) is 6.92 Å². The molecule has 0 aromatic carbocycles. The maximum atomic E-state index is 10.7. The Morgan fingerprint density at radius 3 is 2.73 bits per heavy atom. The molecule has 0 bridgehead atoms. The van der Waals surface area contributed by atoms with Gasteiger partial charge in [-0.05, 0) is 6.42 Å². The first-order valence-corrected chi connectivity index (χ1v) is 3.71. The van der Waals surface area contributed by atoms with Crippen LogP contribution in [-0.2, 0) is 9.53 Å². The van der Waals surface area contributed by atoms with E-state index in [2.05, 4.69) is 10.8 Å². The zero-order valence-electron chi connectivity index (χ0n) is 6.96. The van der Waals surface area contributed by atoms with Gasteiger partial charge in [-0.1, -0.05) is 13.3 Å². The van der Waals surface area contributed by atoms with Gasteiger partial charge in [0.1, 0.15) is 0 Å². The molecule has 0 N–H and O–H groups in total. The summed E-state index contributed by atoms with van der Waals surface area (Å²) in [6.45, 7) is 1.99. The van der Waals surface area contributed by atoms with E-state index in [4.69, 9.17) is 5.26 Å². The van der Waals surface area contributed by atoms with Crippen molar-refractivity contribution in [3.63, 3.8) is 0 Å². The first-order chi connectivity index (χ1) is 5.24. The van der Waals surface area contributed by atoms with Crippen molar-refractivity contribution in [3.8, 4) is 6.07 Å². The molecule has 0 aliphatic heterocycles. The van der Waals surface area contributed by atoms with Gasteiger partial charge in [0.25, 0.3) is 0 Å². The molecule has 62 valence electrons. The van der Waals surface area contributed by atoms with Gasteiger partial charge in [0.2, 0.25) is 0 Å². The van der Waals surface area contributed by atoms with Crippen LogP contribution in [0.2, 0.25) is 0 Å². The molecular formula is C8H13NO2. The van der Waals surface area contributed by atoms with Crippen LogP contribution in [0.15, 0.2) is 0 Å². The molecule has 0 amide bonds. The number of carbonyl (C=O) groups excluding carboxylic acids is 1. The van der Waals surface area contributed by atoms with Gasteiger partial charge in [0.15, 0.2) is 0 Å². The van der Waals surface area contributed by atoms with Gasteiger partial charge in [-0.25, -0.2) is 0 Å². The zero-order valence-corrected chi connectivity index (χ0v) is 6.96. The van der Waals surface area contributed by atoms with Crippen molar-refractivity contribution in [2.24, 2.45) is 5.92 Å². The van der Waals surface area contributed by atoms with Crippen LogP contribution in [0.5, 0.6) is 0 Å². The Morgan fingerprint density at radius 2 is 2.36 bits per heavy atom. The summed E-state index contributed by atoms with van der Waals surface area (Å²) in [5, 5.41) is 8.54. The van der Waals surface area contributed by atoms with E-state index >= 15 is 0 Å². The van der Waals surface area contributed by atoms with Crippen molar-refractivity contribution in [1.29, 1.82) is 5.26 Å². The fraction of sp³-hybridized carbons (Fsp3) is 0.750. The van der Waals surface area contributed by atoms with Gasteiger partial charge < -0.3 is 4.74 Å². The van der Waals surface area contributed by atoms with Crippen LogP contribution in [0.3, 0.4) is 0 Å². The van der Waals surface area contributed by atoms with Crippen LogP contribution >= 0.6 is 0 Å². The average molecular weight is 155 g/mol. The second-order valence-corrected chi connectivity index (χ2v) is 2.39. The molecule has 1 unspecified atom stereocenters. The smallest absolute Gasteiger partial charge is 0.306 e. The van der Waals surface area contributed by atoms with Crippen LogP contribution < -0.4 is 0 Å². The van der Waals surface area contributed by atoms with Gasteiger partial charge in [-0.15, -0.1) is 0 Å². The summed E-state index contributed by atoms with van der Waals surface area (Å²) in [4.78, 5) is 10.7. The highest BCUT2D eigenvalue weighted by Crippen LogP contribution is 2.09. The van der Waals surface area contributed by atoms with Crippen molar-refractivity contribution in [1.82, 2.24) is 0 Å². The van der Waals surface area contributed by atoms with E-state index in [9.17, 15) is 4.79 Å². The third-order valence-corrected chi connectivity index (χ3v) is 1.46. The van der Waals surface area contributed by atoms with Crippen LogP contribution in [0.1, 0.15) is 26.2 Å². The molecule has 0 aliphatic carbocycles. The Morgan fingerprint density at radius 1 is 1.73 bits per heavy atom. The molecule has 0 saturated carbocycles. The lowest BCUT2D eigenvalue weighted by molar-refractivity contribution is -0.141. The molecule has 0 spiro atoms. The fourth-order valence-corrected chi connectivity index (χ4v) is 0.845. The molecule has 3 nitrogen and oxygen atoms in total. The maximum Gasteiger partial charge on any atom is 0.306 e. The maximum absolute atomic E-state index is 10.7. The van der Waals surface area contributed by atoms with E-state index in [-0.39, 0.29) is 18.3 Å². The topological polar surface area (TPSA) is 50.1 Å². The number of esters is 1. The van der Waals surface area contributed by atoms with E-state index in [0.717, 1.165) is 12.8 Å². The van der Waals surface area contributed by atoms with Gasteiger partial charge >= 0.3 is 5.97 Å². The lowest BCUT2D eigenvalue weighted by Crippen LogP contribution is -2.07. The lowest BCUT2D eigenvalue weighted by Gasteiger charge is -2.03. The molecular weight excluding hydrogens is 142 g/mol. The highest BCUT2D eigenvalue weighted by atomic mass is 16.5. The monoisotopic (exact) mass is 155 g/mol. The number of nitrogens with zero attached hydrogens (tertiary/aromatic N) is 1. The number of ether oxygens (including phenoxy) is 1. The number of methoxy groups -OCH3 is 1. The Hall–Kier alpha value is -1.04. The minimum atomic E-state index is -0.301. The highest BCUT2D eigenvalue weighted by Gasteiger charge is 2.11. The van der Waals surface area contributed by atoms with Crippen LogP contribution in [0.4, 0.5) is 0 Å². The number of carbonyl (C=O) groups is 1. The molecule has 0 fully saturated rings. The summed E-state index contributed by atoms with van der Waals surface area (Å²) in [7, 11) is 1.34. The van der Waals surface area contributed by atoms with Crippen molar-refractivity contribution in [2.75, 3.05) is 7.11 Å². The third kappa shape index (κ3) is 4.38. The number of nitriles is 1. The molecule has 0 heterocycles. The first-order valence-electron chi connectivity index (χ1n) is 3.71. The number of hydrogen-bond acceptors (Lipinski definition) is 3. The van der Waals surface area contributed by atoms with Crippen molar-refractivity contribution >= 4 is 5.97 Å². The quantitative estimate of drug-likeness (QED) is 0.578. The average Bonchev–Trinajstić information content (AvgIpc) is 2.03. The van der Waals surface area contributed by atoms with Gasteiger partial charge in [-0.2, -0.15) is 5.26 Å². The van der Waals surface area contributed by atoms with Gasteiger partial charge in [0, 0.05) is 0 Å². The van der Waals surface area contributed by atoms with Crippen LogP contribution in [0, 0.1) is 17.2 Å². The van der Waals surface area contributed by atoms with Crippen molar-refractivity contribution in [3.05, 3.63) is 0 Å². The summed E-state index contributed by atoms with van der Waals surface area (Å²) in [6.07, 6.45) is 1.92. The molecule has 1 atom stereocenters. The van der Waals surface area contributed by atoms with E-state index in [0.29, 0.717) is 0 Å². The van der Waals surface area contributed by atoms with Crippen LogP contribution in [-0.4, -0.2) is 13.1 Å². The summed E-state index contributed by atoms with van der Waals surface area (Å²) in [5.74, 6) is -0.475. The van der Waals surface area contributed by atoms with Crippen molar-refractivity contribution < 1.29 is 9.53 Å². The lowest BCUT2D eigenvalue weighted by atomic mass is 10.0. The highest BCUT2D eigenvalue weighted by molar-refractivity contribution is 5.69. The van der Waals surface area contributed by atoms with E-state index in [1.54, 1.807) is 0 Å². The Balaban J connectivity index is 3.70. The largest absolute Gasteiger partial charge is 0.469 e. The Bertz CT molecular complexity index is 160. The zero-order chi connectivity index (χ0) is 8.69. The second-order valence-electron chi connectivity index (χ2n) is 2.39. The Labute approximate surface area is 67.0 Å². The van der Waals surface area contributed by atoms with E-state index < -0.39 is 0 Å². The molecule has 0 saturated heterocycles. The molecule has 0 aromatic rings. The minimum absolute atomic E-state index is 0.174. The van der Waals surface area contributed by atoms with E-state index in [1.165, 1.54) is 7.11 Å². The molecule has 0 rings (SSSR count).